The normalized spacial score (nSPS) is 11.7. The van der Waals surface area contributed by atoms with Crippen molar-refractivity contribution < 1.29 is 19.1 Å². The molecule has 5 nitrogen and oxygen atoms in total. The van der Waals surface area contributed by atoms with Crippen molar-refractivity contribution in [3.63, 3.8) is 0 Å². The quantitative estimate of drug-likeness (QED) is 0.749. The summed E-state index contributed by atoms with van der Waals surface area (Å²) in [5, 5.41) is 2.58. The van der Waals surface area contributed by atoms with Gasteiger partial charge in [-0.1, -0.05) is 30.3 Å². The van der Waals surface area contributed by atoms with Crippen molar-refractivity contribution in [1.29, 1.82) is 0 Å². The van der Waals surface area contributed by atoms with Gasteiger partial charge >= 0.3 is 5.97 Å². The zero-order valence-electron chi connectivity index (χ0n) is 10.5. The maximum atomic E-state index is 11.6. The van der Waals surface area contributed by atoms with Gasteiger partial charge in [-0.2, -0.15) is 0 Å². The molecule has 98 valence electrons. The Labute approximate surface area is 106 Å². The average Bonchev–Trinajstić information content (AvgIpc) is 2.38. The molecule has 0 aromatic heterocycles. The molecule has 0 radical (unpaired) electrons. The molecule has 0 aliphatic rings. The molecule has 0 aliphatic carbocycles. The van der Waals surface area contributed by atoms with Crippen molar-refractivity contribution in [3.05, 3.63) is 35.9 Å². The lowest BCUT2D eigenvalue weighted by molar-refractivity contribution is -0.145. The fourth-order valence-electron chi connectivity index (χ4n) is 1.55. The van der Waals surface area contributed by atoms with Gasteiger partial charge in [-0.05, 0) is 5.56 Å². The van der Waals surface area contributed by atoms with Gasteiger partial charge in [0.05, 0.1) is 7.11 Å². The Morgan fingerprint density at radius 1 is 1.22 bits per heavy atom. The standard InChI is InChI=1S/C13H17NO4/c1-17-9-12(15)14-11(13(16)18-2)8-10-6-4-3-5-7-10/h3-7,11H,8-9H2,1-2H3,(H,14,15)/t11-/m0/s1. The summed E-state index contributed by atoms with van der Waals surface area (Å²) in [6.07, 6.45) is 0.392. The van der Waals surface area contributed by atoms with Crippen molar-refractivity contribution in [2.75, 3.05) is 20.8 Å². The van der Waals surface area contributed by atoms with E-state index in [-0.39, 0.29) is 12.5 Å². The molecule has 0 saturated carbocycles. The molecule has 0 unspecified atom stereocenters. The lowest BCUT2D eigenvalue weighted by Gasteiger charge is -2.16. The van der Waals surface area contributed by atoms with Crippen LogP contribution < -0.4 is 5.32 Å². The minimum Gasteiger partial charge on any atom is -0.467 e. The molecule has 0 heterocycles. The molecule has 1 N–H and O–H groups in total. The lowest BCUT2D eigenvalue weighted by atomic mass is 10.1. The van der Waals surface area contributed by atoms with Crippen LogP contribution in [0.15, 0.2) is 30.3 Å². The molecule has 1 atom stereocenters. The number of amides is 1. The second-order valence-corrected chi connectivity index (χ2v) is 3.77. The first-order valence-electron chi connectivity index (χ1n) is 5.57. The van der Waals surface area contributed by atoms with Crippen LogP contribution in [0.2, 0.25) is 0 Å². The summed E-state index contributed by atoms with van der Waals surface area (Å²) in [6.45, 7) is -0.0811. The molecule has 1 amide bonds. The first-order chi connectivity index (χ1) is 8.67. The highest BCUT2D eigenvalue weighted by Gasteiger charge is 2.21. The number of hydrogen-bond acceptors (Lipinski definition) is 4. The van der Waals surface area contributed by atoms with Gasteiger partial charge in [0, 0.05) is 13.5 Å². The van der Waals surface area contributed by atoms with Crippen molar-refractivity contribution >= 4 is 11.9 Å². The van der Waals surface area contributed by atoms with E-state index in [1.165, 1.54) is 14.2 Å². The van der Waals surface area contributed by atoms with E-state index in [1.54, 1.807) is 0 Å². The van der Waals surface area contributed by atoms with E-state index in [0.717, 1.165) is 5.56 Å². The summed E-state index contributed by atoms with van der Waals surface area (Å²) in [5.74, 6) is -0.813. The summed E-state index contributed by atoms with van der Waals surface area (Å²) in [5.41, 5.74) is 0.950. The van der Waals surface area contributed by atoms with E-state index < -0.39 is 12.0 Å². The molecule has 1 aromatic carbocycles. The highest BCUT2D eigenvalue weighted by molar-refractivity contribution is 5.85. The van der Waals surface area contributed by atoms with Crippen LogP contribution in [-0.4, -0.2) is 38.7 Å². The number of rotatable bonds is 6. The summed E-state index contributed by atoms with van der Waals surface area (Å²) in [7, 11) is 2.72. The predicted molar refractivity (Wildman–Crippen MR) is 66.0 cm³/mol. The Bertz CT molecular complexity index is 391. The Kier molecular flexibility index (Phi) is 5.87. The second kappa shape index (κ2) is 7.45. The molecule has 0 saturated heterocycles. The molecule has 1 rings (SSSR count). The summed E-state index contributed by atoms with van der Waals surface area (Å²) in [6, 6.07) is 8.72. The van der Waals surface area contributed by atoms with Crippen LogP contribution in [0.4, 0.5) is 0 Å². The van der Waals surface area contributed by atoms with Crippen molar-refractivity contribution in [2.24, 2.45) is 0 Å². The number of hydrogen-bond donors (Lipinski definition) is 1. The maximum Gasteiger partial charge on any atom is 0.328 e. The minimum atomic E-state index is -0.694. The van der Waals surface area contributed by atoms with Gasteiger partial charge in [-0.25, -0.2) is 4.79 Å². The van der Waals surface area contributed by atoms with Crippen LogP contribution >= 0.6 is 0 Å². The Balaban J connectivity index is 2.67. The zero-order chi connectivity index (χ0) is 13.4. The SMILES string of the molecule is COCC(=O)N[C@@H](Cc1ccccc1)C(=O)OC. The van der Waals surface area contributed by atoms with Crippen LogP contribution in [0.25, 0.3) is 0 Å². The van der Waals surface area contributed by atoms with E-state index in [2.05, 4.69) is 10.1 Å². The molecule has 5 heteroatoms. The highest BCUT2D eigenvalue weighted by atomic mass is 16.5. The average molecular weight is 251 g/mol. The smallest absolute Gasteiger partial charge is 0.328 e. The topological polar surface area (TPSA) is 64.6 Å². The third-order valence-corrected chi connectivity index (χ3v) is 2.38. The van der Waals surface area contributed by atoms with Gasteiger partial charge in [0.25, 0.3) is 0 Å². The third kappa shape index (κ3) is 4.55. The number of benzene rings is 1. The summed E-state index contributed by atoms with van der Waals surface area (Å²) in [4.78, 5) is 23.0. The van der Waals surface area contributed by atoms with Gasteiger partial charge in [0.1, 0.15) is 12.6 Å². The van der Waals surface area contributed by atoms with E-state index in [1.807, 2.05) is 30.3 Å². The first-order valence-corrected chi connectivity index (χ1v) is 5.57. The third-order valence-electron chi connectivity index (χ3n) is 2.38. The van der Waals surface area contributed by atoms with Crippen LogP contribution in [0.5, 0.6) is 0 Å². The number of methoxy groups -OCH3 is 2. The van der Waals surface area contributed by atoms with E-state index in [4.69, 9.17) is 4.74 Å². The van der Waals surface area contributed by atoms with Crippen molar-refractivity contribution in [1.82, 2.24) is 5.32 Å². The van der Waals surface area contributed by atoms with Crippen LogP contribution in [0.3, 0.4) is 0 Å². The fraction of sp³-hybridized carbons (Fsp3) is 0.385. The minimum absolute atomic E-state index is 0.0811. The largest absolute Gasteiger partial charge is 0.467 e. The summed E-state index contributed by atoms with van der Waals surface area (Å²) < 4.78 is 9.37. The monoisotopic (exact) mass is 251 g/mol. The van der Waals surface area contributed by atoms with Gasteiger partial charge in [-0.3, -0.25) is 4.79 Å². The number of esters is 1. The van der Waals surface area contributed by atoms with Gasteiger partial charge in [0.2, 0.25) is 5.91 Å². The molecular formula is C13H17NO4. The Morgan fingerprint density at radius 3 is 2.44 bits per heavy atom. The van der Waals surface area contributed by atoms with Crippen LogP contribution in [0.1, 0.15) is 5.56 Å². The van der Waals surface area contributed by atoms with Crippen molar-refractivity contribution in [3.8, 4) is 0 Å². The highest BCUT2D eigenvalue weighted by Crippen LogP contribution is 2.04. The van der Waals surface area contributed by atoms with E-state index in [0.29, 0.717) is 6.42 Å². The first kappa shape index (κ1) is 14.2. The maximum absolute atomic E-state index is 11.6. The molecule has 0 aliphatic heterocycles. The molecule has 0 bridgehead atoms. The van der Waals surface area contributed by atoms with Crippen LogP contribution in [0, 0.1) is 0 Å². The lowest BCUT2D eigenvalue weighted by Crippen LogP contribution is -2.44. The van der Waals surface area contributed by atoms with E-state index in [9.17, 15) is 9.59 Å². The molecule has 0 fully saturated rings. The van der Waals surface area contributed by atoms with Gasteiger partial charge in [-0.15, -0.1) is 0 Å². The molecular weight excluding hydrogens is 234 g/mol. The Hall–Kier alpha value is -1.88. The van der Waals surface area contributed by atoms with Gasteiger partial charge < -0.3 is 14.8 Å². The number of ether oxygens (including phenoxy) is 2. The molecule has 1 aromatic rings. The van der Waals surface area contributed by atoms with Gasteiger partial charge in [0.15, 0.2) is 0 Å². The van der Waals surface area contributed by atoms with E-state index >= 15 is 0 Å². The number of carbonyl (C=O) groups excluding carboxylic acids is 2. The predicted octanol–water partition coefficient (Wildman–Crippen LogP) is 0.533. The Morgan fingerprint density at radius 2 is 1.89 bits per heavy atom. The molecule has 18 heavy (non-hydrogen) atoms. The van der Waals surface area contributed by atoms with Crippen LogP contribution in [-0.2, 0) is 25.5 Å². The number of nitrogens with one attached hydrogen (secondary N) is 1. The molecule has 0 spiro atoms. The van der Waals surface area contributed by atoms with Crippen molar-refractivity contribution in [2.45, 2.75) is 12.5 Å². The second-order valence-electron chi connectivity index (χ2n) is 3.77. The summed E-state index contributed by atoms with van der Waals surface area (Å²) >= 11 is 0. The number of carbonyl (C=O) groups is 2. The fourth-order valence-corrected chi connectivity index (χ4v) is 1.55. The zero-order valence-corrected chi connectivity index (χ0v) is 10.5.